The van der Waals surface area contributed by atoms with E-state index in [9.17, 15) is 23.3 Å². The van der Waals surface area contributed by atoms with Gasteiger partial charge >= 0.3 is 18.2 Å². The highest BCUT2D eigenvalue weighted by molar-refractivity contribution is 7.59. The van der Waals surface area contributed by atoms with Gasteiger partial charge in [-0.3, -0.25) is 9.47 Å². The number of ether oxygens (including phenoxy) is 2. The number of nitrogens with zero attached hydrogens (tertiary/aromatic N) is 6. The fourth-order valence-electron chi connectivity index (χ4n) is 4.29. The Kier molecular flexibility index (Phi) is 6.36. The van der Waals surface area contributed by atoms with Crippen molar-refractivity contribution in [2.45, 2.75) is 38.4 Å². The van der Waals surface area contributed by atoms with Crippen molar-refractivity contribution in [1.82, 2.24) is 24.4 Å². The van der Waals surface area contributed by atoms with Gasteiger partial charge in [-0.1, -0.05) is 0 Å². The summed E-state index contributed by atoms with van der Waals surface area (Å²) in [5.41, 5.74) is 1.87. The summed E-state index contributed by atoms with van der Waals surface area (Å²) in [5, 5.41) is 10.9. The SMILES string of the molecule is C[C@]1(CN2CCc3nc(-c4ccc(OC(F)(F)F)cc4)ncc3C2)Cn2cc([N+](=O)[O-])nc2O1.S. The molecule has 3 aromatic rings. The van der Waals surface area contributed by atoms with Crippen LogP contribution in [0.1, 0.15) is 18.2 Å². The monoisotopic (exact) mass is 510 g/mol. The predicted octanol–water partition coefficient (Wildman–Crippen LogP) is 3.47. The second-order valence-electron chi connectivity index (χ2n) is 8.52. The van der Waals surface area contributed by atoms with Crippen molar-refractivity contribution in [3.8, 4) is 23.1 Å². The molecule has 0 bridgehead atoms. The topological polar surface area (TPSA) is 108 Å². The van der Waals surface area contributed by atoms with Gasteiger partial charge in [0.15, 0.2) is 5.82 Å². The Morgan fingerprint density at radius 2 is 2.00 bits per heavy atom. The van der Waals surface area contributed by atoms with Crippen LogP contribution in [-0.2, 0) is 19.5 Å². The molecule has 0 spiro atoms. The first-order valence-corrected chi connectivity index (χ1v) is 10.4. The molecule has 2 aliphatic heterocycles. The first-order chi connectivity index (χ1) is 16.1. The minimum absolute atomic E-state index is 0. The smallest absolute Gasteiger partial charge is 0.436 e. The minimum Gasteiger partial charge on any atom is -0.436 e. The summed E-state index contributed by atoms with van der Waals surface area (Å²) in [5.74, 6) is -0.104. The van der Waals surface area contributed by atoms with Gasteiger partial charge < -0.3 is 19.6 Å². The van der Waals surface area contributed by atoms with Crippen LogP contribution in [0.25, 0.3) is 11.4 Å². The lowest BCUT2D eigenvalue weighted by molar-refractivity contribution is -0.389. The minimum atomic E-state index is -4.74. The van der Waals surface area contributed by atoms with Gasteiger partial charge in [0.2, 0.25) is 0 Å². The Morgan fingerprint density at radius 3 is 2.66 bits per heavy atom. The highest BCUT2D eigenvalue weighted by atomic mass is 32.1. The van der Waals surface area contributed by atoms with Crippen molar-refractivity contribution >= 4 is 19.3 Å². The molecule has 2 aliphatic rings. The van der Waals surface area contributed by atoms with E-state index in [0.717, 1.165) is 17.8 Å². The van der Waals surface area contributed by atoms with Crippen molar-refractivity contribution in [2.24, 2.45) is 0 Å². The van der Waals surface area contributed by atoms with Crippen LogP contribution in [0.2, 0.25) is 0 Å². The first-order valence-electron chi connectivity index (χ1n) is 10.4. The van der Waals surface area contributed by atoms with Gasteiger partial charge in [0.25, 0.3) is 0 Å². The Balaban J connectivity index is 0.00000289. The van der Waals surface area contributed by atoms with E-state index >= 15 is 0 Å². The number of fused-ring (bicyclic) bond motifs is 2. The summed E-state index contributed by atoms with van der Waals surface area (Å²) >= 11 is 0. The maximum atomic E-state index is 12.3. The normalized spacial score (nSPS) is 19.3. The number of hydrogen-bond donors (Lipinski definition) is 0. The summed E-state index contributed by atoms with van der Waals surface area (Å²) in [7, 11) is 0. The molecule has 0 fully saturated rings. The Bertz CT molecular complexity index is 1230. The zero-order valence-corrected chi connectivity index (χ0v) is 19.4. The molecule has 0 N–H and O–H groups in total. The summed E-state index contributed by atoms with van der Waals surface area (Å²) in [6.45, 7) is 4.31. The van der Waals surface area contributed by atoms with Gasteiger partial charge in [0.05, 0.1) is 12.2 Å². The second-order valence-corrected chi connectivity index (χ2v) is 8.52. The Hall–Kier alpha value is -3.39. The number of hydrogen-bond acceptors (Lipinski definition) is 8. The van der Waals surface area contributed by atoms with Crippen molar-refractivity contribution < 1.29 is 27.6 Å². The third kappa shape index (κ3) is 5.32. The Morgan fingerprint density at radius 1 is 1.26 bits per heavy atom. The maximum absolute atomic E-state index is 12.3. The van der Waals surface area contributed by atoms with Crippen LogP contribution < -0.4 is 9.47 Å². The number of imidazole rings is 1. The fraction of sp³-hybridized carbons (Fsp3) is 0.381. The van der Waals surface area contributed by atoms with Gasteiger partial charge in [-0.2, -0.15) is 13.5 Å². The molecule has 0 radical (unpaired) electrons. The second kappa shape index (κ2) is 9.00. The van der Waals surface area contributed by atoms with Crippen LogP contribution >= 0.6 is 13.5 Å². The van der Waals surface area contributed by atoms with Gasteiger partial charge in [-0.15, -0.1) is 13.2 Å². The summed E-state index contributed by atoms with van der Waals surface area (Å²) in [4.78, 5) is 25.5. The van der Waals surface area contributed by atoms with E-state index in [1.165, 1.54) is 30.5 Å². The highest BCUT2D eigenvalue weighted by Gasteiger charge is 2.42. The van der Waals surface area contributed by atoms with E-state index in [1.54, 1.807) is 10.8 Å². The number of aromatic nitrogens is 4. The van der Waals surface area contributed by atoms with Crippen LogP contribution in [-0.4, -0.2) is 54.4 Å². The molecule has 186 valence electrons. The van der Waals surface area contributed by atoms with Crippen molar-refractivity contribution in [3.05, 3.63) is 58.0 Å². The lowest BCUT2D eigenvalue weighted by Crippen LogP contribution is -2.46. The molecule has 0 saturated heterocycles. The predicted molar refractivity (Wildman–Crippen MR) is 121 cm³/mol. The molecular weight excluding hydrogens is 489 g/mol. The lowest BCUT2D eigenvalue weighted by Gasteiger charge is -2.33. The van der Waals surface area contributed by atoms with Crippen LogP contribution in [0.15, 0.2) is 36.7 Å². The standard InChI is InChI=1S/C21H19F3N6O4.H2S/c1-20(12-29-10-17(30(31)32)27-19(29)34-20)11-28-7-6-16-14(9-28)8-25-18(26-16)13-2-4-15(5-3-13)33-21(22,23)24;/h2-5,8,10H,6-7,9,11-12H2,1H3;1H2/t20-;/m0./s1. The molecule has 5 rings (SSSR count). The van der Waals surface area contributed by atoms with Crippen molar-refractivity contribution in [1.29, 1.82) is 0 Å². The molecule has 35 heavy (non-hydrogen) atoms. The summed E-state index contributed by atoms with van der Waals surface area (Å²) in [6.07, 6.45) is -0.958. The fourth-order valence-corrected chi connectivity index (χ4v) is 4.29. The van der Waals surface area contributed by atoms with Crippen LogP contribution in [0.5, 0.6) is 11.8 Å². The van der Waals surface area contributed by atoms with Crippen LogP contribution in [0.3, 0.4) is 0 Å². The average molecular weight is 510 g/mol. The third-order valence-corrected chi connectivity index (χ3v) is 5.67. The molecule has 2 aromatic heterocycles. The molecule has 1 atom stereocenters. The zero-order valence-electron chi connectivity index (χ0n) is 18.4. The van der Waals surface area contributed by atoms with E-state index in [-0.39, 0.29) is 31.1 Å². The summed E-state index contributed by atoms with van der Waals surface area (Å²) in [6, 6.07) is 5.68. The van der Waals surface area contributed by atoms with E-state index in [4.69, 9.17) is 4.74 Å². The van der Waals surface area contributed by atoms with E-state index in [1.807, 2.05) is 6.92 Å². The van der Waals surface area contributed by atoms with E-state index < -0.39 is 16.9 Å². The molecule has 0 aliphatic carbocycles. The molecule has 4 heterocycles. The number of nitro groups is 1. The van der Waals surface area contributed by atoms with Crippen LogP contribution in [0.4, 0.5) is 19.0 Å². The van der Waals surface area contributed by atoms with E-state index in [0.29, 0.717) is 37.4 Å². The molecule has 1 aromatic carbocycles. The summed E-state index contributed by atoms with van der Waals surface area (Å²) < 4.78 is 48.5. The molecule has 14 heteroatoms. The molecule has 0 amide bonds. The van der Waals surface area contributed by atoms with Gasteiger partial charge in [-0.05, 0) is 36.1 Å². The van der Waals surface area contributed by atoms with Crippen molar-refractivity contribution in [3.63, 3.8) is 0 Å². The molecular formula is C21H21F3N6O4S. The number of rotatable bonds is 5. The van der Waals surface area contributed by atoms with Gasteiger partial charge in [0.1, 0.15) is 17.5 Å². The quantitative estimate of drug-likeness (QED) is 0.379. The lowest BCUT2D eigenvalue weighted by atomic mass is 10.0. The largest absolute Gasteiger partial charge is 0.573 e. The molecule has 0 saturated carbocycles. The third-order valence-electron chi connectivity index (χ3n) is 5.67. The average Bonchev–Trinajstić information content (AvgIpc) is 3.28. The molecule has 0 unspecified atom stereocenters. The number of alkyl halides is 3. The van der Waals surface area contributed by atoms with Gasteiger partial charge in [0, 0.05) is 48.4 Å². The number of halogens is 3. The number of benzene rings is 1. The zero-order chi connectivity index (χ0) is 24.1. The Labute approximate surface area is 204 Å². The molecule has 10 nitrogen and oxygen atoms in total. The van der Waals surface area contributed by atoms with Crippen molar-refractivity contribution in [2.75, 3.05) is 13.1 Å². The van der Waals surface area contributed by atoms with Gasteiger partial charge in [-0.25, -0.2) is 9.97 Å². The highest BCUT2D eigenvalue weighted by Crippen LogP contribution is 2.33. The van der Waals surface area contributed by atoms with Crippen LogP contribution in [0, 0.1) is 10.1 Å². The van der Waals surface area contributed by atoms with E-state index in [2.05, 4.69) is 24.6 Å². The first kappa shape index (κ1) is 24.7. The maximum Gasteiger partial charge on any atom is 0.573 e.